The molecule has 194 valence electrons. The first-order chi connectivity index (χ1) is 16.5. The number of fused-ring (bicyclic) bond motifs is 1. The Balaban J connectivity index is 0.00000342. The summed E-state index contributed by atoms with van der Waals surface area (Å²) in [5.41, 5.74) is 6.24. The molecule has 35 heavy (non-hydrogen) atoms. The first-order valence-corrected chi connectivity index (χ1v) is 11.7. The molecule has 2 aliphatic rings. The molecule has 3 N–H and O–H groups in total. The number of ether oxygens (including phenoxy) is 3. The van der Waals surface area contributed by atoms with Crippen LogP contribution in [0, 0.1) is 5.82 Å². The molecule has 0 spiro atoms. The highest BCUT2D eigenvalue weighted by atomic mass is 35.5. The van der Waals surface area contributed by atoms with Gasteiger partial charge in [0, 0.05) is 51.1 Å². The Morgan fingerprint density at radius 1 is 1.20 bits per heavy atom. The Hall–Kier alpha value is -2.63. The predicted molar refractivity (Wildman–Crippen MR) is 134 cm³/mol. The highest BCUT2D eigenvalue weighted by molar-refractivity contribution is 5.92. The van der Waals surface area contributed by atoms with Crippen molar-refractivity contribution in [2.75, 3.05) is 70.8 Å². The second-order valence-electron chi connectivity index (χ2n) is 8.59. The SMILES string of the molecule is COCCOc1c(OC)cc2c(N)nc(N3CCN(C(=O)C[C@@H]4CCCCN4)CC3)nc2c1F.Cl. The van der Waals surface area contributed by atoms with E-state index in [-0.39, 0.29) is 53.8 Å². The van der Waals surface area contributed by atoms with Crippen LogP contribution in [0.25, 0.3) is 10.9 Å². The number of rotatable bonds is 8. The summed E-state index contributed by atoms with van der Waals surface area (Å²) < 4.78 is 31.2. The summed E-state index contributed by atoms with van der Waals surface area (Å²) >= 11 is 0. The van der Waals surface area contributed by atoms with E-state index >= 15 is 4.39 Å². The second-order valence-corrected chi connectivity index (χ2v) is 8.59. The van der Waals surface area contributed by atoms with Crippen LogP contribution in [-0.2, 0) is 9.53 Å². The quantitative estimate of drug-likeness (QED) is 0.512. The molecule has 1 aromatic carbocycles. The first kappa shape index (κ1) is 27.0. The molecule has 10 nitrogen and oxygen atoms in total. The van der Waals surface area contributed by atoms with Gasteiger partial charge in [-0.25, -0.2) is 9.37 Å². The van der Waals surface area contributed by atoms with Gasteiger partial charge in [-0.2, -0.15) is 4.98 Å². The van der Waals surface area contributed by atoms with Gasteiger partial charge < -0.3 is 35.1 Å². The van der Waals surface area contributed by atoms with Crippen LogP contribution in [0.2, 0.25) is 0 Å². The third-order valence-corrected chi connectivity index (χ3v) is 6.37. The Labute approximate surface area is 210 Å². The average molecular weight is 513 g/mol. The van der Waals surface area contributed by atoms with Gasteiger partial charge in [-0.15, -0.1) is 12.4 Å². The van der Waals surface area contributed by atoms with Gasteiger partial charge in [0.25, 0.3) is 0 Å². The van der Waals surface area contributed by atoms with E-state index in [4.69, 9.17) is 19.9 Å². The number of nitrogens with zero attached hydrogens (tertiary/aromatic N) is 4. The normalized spacial score (nSPS) is 18.3. The summed E-state index contributed by atoms with van der Waals surface area (Å²) in [6.07, 6.45) is 3.91. The highest BCUT2D eigenvalue weighted by Gasteiger charge is 2.27. The zero-order valence-corrected chi connectivity index (χ0v) is 21.0. The maximum Gasteiger partial charge on any atom is 0.228 e. The molecule has 2 fully saturated rings. The largest absolute Gasteiger partial charge is 0.493 e. The minimum absolute atomic E-state index is 0. The van der Waals surface area contributed by atoms with Crippen molar-refractivity contribution in [1.29, 1.82) is 0 Å². The van der Waals surface area contributed by atoms with Crippen LogP contribution in [-0.4, -0.2) is 87.0 Å². The van der Waals surface area contributed by atoms with Crippen LogP contribution in [0.1, 0.15) is 25.7 Å². The molecule has 1 amide bonds. The second kappa shape index (κ2) is 12.4. The summed E-state index contributed by atoms with van der Waals surface area (Å²) in [4.78, 5) is 25.4. The molecular formula is C23H34ClFN6O4. The van der Waals surface area contributed by atoms with Crippen molar-refractivity contribution in [3.8, 4) is 11.5 Å². The number of anilines is 2. The fourth-order valence-corrected chi connectivity index (χ4v) is 4.45. The molecule has 2 aromatic rings. The van der Waals surface area contributed by atoms with Crippen molar-refractivity contribution in [2.45, 2.75) is 31.7 Å². The van der Waals surface area contributed by atoms with Crippen molar-refractivity contribution >= 4 is 41.0 Å². The Kier molecular flexibility index (Phi) is 9.53. The minimum Gasteiger partial charge on any atom is -0.493 e. The molecule has 2 saturated heterocycles. The number of benzene rings is 1. The monoisotopic (exact) mass is 512 g/mol. The first-order valence-electron chi connectivity index (χ1n) is 11.7. The maximum atomic E-state index is 15.4. The fourth-order valence-electron chi connectivity index (χ4n) is 4.45. The molecular weight excluding hydrogens is 479 g/mol. The third-order valence-electron chi connectivity index (χ3n) is 6.37. The van der Waals surface area contributed by atoms with Gasteiger partial charge in [-0.3, -0.25) is 4.79 Å². The molecule has 0 bridgehead atoms. The molecule has 12 heteroatoms. The molecule has 0 unspecified atom stereocenters. The van der Waals surface area contributed by atoms with Crippen molar-refractivity contribution in [3.05, 3.63) is 11.9 Å². The standard InChI is InChI=1S/C23H33FN6O4.ClH/c1-32-11-12-34-21-17(33-2)14-16-20(19(21)24)27-23(28-22(16)25)30-9-7-29(8-10-30)18(31)13-15-5-3-4-6-26-15;/h14-15,26H,3-13H2,1-2H3,(H2,25,27,28);1H/t15-;/m0./s1. The molecule has 0 saturated carbocycles. The van der Waals surface area contributed by atoms with Gasteiger partial charge >= 0.3 is 0 Å². The van der Waals surface area contributed by atoms with Crippen molar-refractivity contribution in [2.24, 2.45) is 0 Å². The van der Waals surface area contributed by atoms with E-state index in [9.17, 15) is 4.79 Å². The van der Waals surface area contributed by atoms with Crippen LogP contribution in [0.3, 0.4) is 0 Å². The number of halogens is 2. The van der Waals surface area contributed by atoms with E-state index in [0.717, 1.165) is 13.0 Å². The average Bonchev–Trinajstić information content (AvgIpc) is 2.86. The topological polar surface area (TPSA) is 115 Å². The van der Waals surface area contributed by atoms with Gasteiger partial charge in [0.2, 0.25) is 11.9 Å². The van der Waals surface area contributed by atoms with E-state index in [2.05, 4.69) is 15.3 Å². The Bertz CT molecular complexity index is 1020. The number of nitrogens with two attached hydrogens (primary N) is 1. The number of piperidine rings is 1. The lowest BCUT2D eigenvalue weighted by Gasteiger charge is -2.36. The summed E-state index contributed by atoms with van der Waals surface area (Å²) in [7, 11) is 2.97. The summed E-state index contributed by atoms with van der Waals surface area (Å²) in [5, 5.41) is 3.78. The summed E-state index contributed by atoms with van der Waals surface area (Å²) in [6, 6.07) is 1.85. The Morgan fingerprint density at radius 3 is 2.63 bits per heavy atom. The van der Waals surface area contributed by atoms with E-state index in [1.807, 2.05) is 9.80 Å². The van der Waals surface area contributed by atoms with Crippen LogP contribution < -0.4 is 25.4 Å². The van der Waals surface area contributed by atoms with Crippen LogP contribution in [0.4, 0.5) is 16.2 Å². The van der Waals surface area contributed by atoms with E-state index in [1.165, 1.54) is 27.1 Å². The number of piperazine rings is 1. The number of methoxy groups -OCH3 is 2. The number of hydrogen-bond acceptors (Lipinski definition) is 9. The molecule has 2 aliphatic heterocycles. The number of hydrogen-bond donors (Lipinski definition) is 2. The van der Waals surface area contributed by atoms with Gasteiger partial charge in [0.1, 0.15) is 17.9 Å². The van der Waals surface area contributed by atoms with Crippen molar-refractivity contribution in [3.63, 3.8) is 0 Å². The predicted octanol–water partition coefficient (Wildman–Crippen LogP) is 1.99. The number of carbonyl (C=O) groups excluding carboxylic acids is 1. The fraction of sp³-hybridized carbons (Fsp3) is 0.609. The molecule has 0 radical (unpaired) electrons. The molecule has 1 atom stereocenters. The van der Waals surface area contributed by atoms with Gasteiger partial charge in [-0.05, 0) is 25.5 Å². The molecule has 1 aromatic heterocycles. The number of carbonyl (C=O) groups is 1. The summed E-state index contributed by atoms with van der Waals surface area (Å²) in [6.45, 7) is 3.65. The molecule has 3 heterocycles. The van der Waals surface area contributed by atoms with Gasteiger partial charge in [0.15, 0.2) is 17.3 Å². The number of nitrogen functional groups attached to an aromatic ring is 1. The lowest BCUT2D eigenvalue weighted by molar-refractivity contribution is -0.132. The van der Waals surface area contributed by atoms with E-state index in [0.29, 0.717) is 50.5 Å². The zero-order valence-electron chi connectivity index (χ0n) is 20.2. The van der Waals surface area contributed by atoms with Crippen molar-refractivity contribution < 1.29 is 23.4 Å². The summed E-state index contributed by atoms with van der Waals surface area (Å²) in [5.74, 6) is 0.163. The smallest absolute Gasteiger partial charge is 0.228 e. The van der Waals surface area contributed by atoms with Crippen LogP contribution in [0.5, 0.6) is 11.5 Å². The lowest BCUT2D eigenvalue weighted by Crippen LogP contribution is -2.50. The maximum absolute atomic E-state index is 15.4. The lowest BCUT2D eigenvalue weighted by atomic mass is 10.0. The van der Waals surface area contributed by atoms with Crippen LogP contribution in [0.15, 0.2) is 6.07 Å². The number of nitrogens with one attached hydrogen (secondary N) is 1. The van der Waals surface area contributed by atoms with E-state index < -0.39 is 5.82 Å². The minimum atomic E-state index is -0.658. The molecule has 4 rings (SSSR count). The number of aromatic nitrogens is 2. The van der Waals surface area contributed by atoms with Crippen LogP contribution >= 0.6 is 12.4 Å². The highest BCUT2D eigenvalue weighted by Crippen LogP contribution is 2.38. The molecule has 0 aliphatic carbocycles. The van der Waals surface area contributed by atoms with Gasteiger partial charge in [-0.1, -0.05) is 6.42 Å². The van der Waals surface area contributed by atoms with E-state index in [1.54, 1.807) is 6.07 Å². The third kappa shape index (κ3) is 6.14. The zero-order chi connectivity index (χ0) is 24.1. The van der Waals surface area contributed by atoms with Crippen molar-refractivity contribution in [1.82, 2.24) is 20.2 Å². The Morgan fingerprint density at radius 2 is 1.97 bits per heavy atom. The number of amides is 1. The van der Waals surface area contributed by atoms with Gasteiger partial charge in [0.05, 0.1) is 13.7 Å².